The van der Waals surface area contributed by atoms with Gasteiger partial charge in [0.1, 0.15) is 10.5 Å². The molecule has 0 rings (SSSR count). The number of rotatable bonds is 1. The van der Waals surface area contributed by atoms with Crippen molar-refractivity contribution in [3.63, 3.8) is 0 Å². The molecular weight excluding hydrogens is 120 g/mol. The van der Waals surface area contributed by atoms with Crippen LogP contribution >= 0.6 is 0 Å². The molecule has 0 aromatic carbocycles. The van der Waals surface area contributed by atoms with Crippen molar-refractivity contribution in [2.75, 3.05) is 0 Å². The number of hydrogen-bond donors (Lipinski definition) is 0. The maximum Gasteiger partial charge on any atom is 0.230 e. The molecule has 0 N–H and O–H groups in total. The van der Waals surface area contributed by atoms with Crippen LogP contribution in [0.2, 0.25) is 0 Å². The molecule has 0 amide bonds. The van der Waals surface area contributed by atoms with Crippen LogP contribution in [0.3, 0.4) is 0 Å². The molecule has 0 saturated carbocycles. The Bertz CT molecular complexity index is 125. The fourth-order valence-corrected chi connectivity index (χ4v) is 0.911. The molecule has 36 valence electrons. The van der Waals surface area contributed by atoms with Crippen LogP contribution < -0.4 is 0 Å². The summed E-state index contributed by atoms with van der Waals surface area (Å²) in [5, 5.41) is 0. The van der Waals surface area contributed by atoms with E-state index < -0.39 is 9.76 Å². The molecule has 1 nitrogen and oxygen atoms in total. The molecule has 7 heavy (non-hydrogen) atoms. The summed E-state index contributed by atoms with van der Waals surface area (Å²) in [6.45, 7) is 0. The van der Waals surface area contributed by atoms with Crippen LogP contribution in [0.1, 0.15) is 0 Å². The van der Waals surface area contributed by atoms with E-state index in [1.54, 1.807) is 0 Å². The molecule has 0 fully saturated rings. The van der Waals surface area contributed by atoms with E-state index >= 15 is 0 Å². The van der Waals surface area contributed by atoms with E-state index in [1.165, 1.54) is 0 Å². The first-order valence-corrected chi connectivity index (χ1v) is 3.94. The van der Waals surface area contributed by atoms with E-state index in [9.17, 15) is 0 Å². The first kappa shape index (κ1) is 6.51. The lowest BCUT2D eigenvalue weighted by atomic mass is 10.7. The molecule has 0 aliphatic heterocycles. The maximum atomic E-state index is 4.85. The van der Waals surface area contributed by atoms with Crippen molar-refractivity contribution in [2.24, 2.45) is 0 Å². The normalized spacial score (nSPS) is 7.86. The molecule has 3 heteroatoms. The topological polar surface area (TPSA) is 9.23 Å². The molecule has 0 atom stereocenters. The second kappa shape index (κ2) is 5.51. The zero-order chi connectivity index (χ0) is 5.54. The Balaban J connectivity index is 3.13. The van der Waals surface area contributed by atoms with E-state index in [0.717, 1.165) is 10.5 Å². The highest BCUT2D eigenvalue weighted by Gasteiger charge is 1.64. The fourth-order valence-electron chi connectivity index (χ4n) is 0.159. The van der Waals surface area contributed by atoms with Crippen molar-refractivity contribution in [1.82, 2.24) is 0 Å². The predicted octanol–water partition coefficient (Wildman–Crippen LogP) is -2.04. The van der Waals surface area contributed by atoms with Gasteiger partial charge in [-0.15, -0.1) is 6.42 Å². The van der Waals surface area contributed by atoms with Gasteiger partial charge in [0, 0.05) is 0 Å². The molecule has 0 radical (unpaired) electrons. The molecule has 0 aromatic rings. The minimum Gasteiger partial charge on any atom is -0.459 e. The lowest BCUT2D eigenvalue weighted by Crippen LogP contribution is -1.88. The van der Waals surface area contributed by atoms with Crippen molar-refractivity contribution in [3.05, 3.63) is 0 Å². The van der Waals surface area contributed by atoms with Gasteiger partial charge in [0.05, 0.1) is 0 Å². The Morgan fingerprint density at radius 3 is 2.86 bits per heavy atom. The maximum absolute atomic E-state index is 4.85. The van der Waals surface area contributed by atoms with Gasteiger partial charge in [-0.05, 0) is 11.8 Å². The van der Waals surface area contributed by atoms with Crippen molar-refractivity contribution < 1.29 is 4.12 Å². The molecule has 0 bridgehead atoms. The molecule has 0 saturated heterocycles. The van der Waals surface area contributed by atoms with E-state index in [4.69, 9.17) is 10.5 Å². The largest absolute Gasteiger partial charge is 0.459 e. The Morgan fingerprint density at radius 1 is 1.71 bits per heavy atom. The van der Waals surface area contributed by atoms with Crippen molar-refractivity contribution in [1.29, 1.82) is 0 Å². The van der Waals surface area contributed by atoms with E-state index in [1.807, 2.05) is 0 Å². The summed E-state index contributed by atoms with van der Waals surface area (Å²) in [5.41, 5.74) is 2.75. The highest BCUT2D eigenvalue weighted by molar-refractivity contribution is 6.43. The van der Waals surface area contributed by atoms with Gasteiger partial charge >= 0.3 is 0 Å². The third-order valence-electron chi connectivity index (χ3n) is 0.377. The highest BCUT2D eigenvalue weighted by atomic mass is 28.3. The van der Waals surface area contributed by atoms with Gasteiger partial charge in [0.2, 0.25) is 9.76 Å². The molecule has 0 spiro atoms. The molecule has 0 aliphatic carbocycles. The predicted molar refractivity (Wildman–Crippen MR) is 36.2 cm³/mol. The standard InChI is InChI=1S/C4H6OSi2/c1-2-3-4-7-5-6/h1H,7H2,6H3. The number of hydrogen-bond acceptors (Lipinski definition) is 1. The molecule has 0 heterocycles. The van der Waals surface area contributed by atoms with Crippen LogP contribution in [0.15, 0.2) is 0 Å². The van der Waals surface area contributed by atoms with Gasteiger partial charge in [0.25, 0.3) is 0 Å². The van der Waals surface area contributed by atoms with Gasteiger partial charge in [0.15, 0.2) is 0 Å². The summed E-state index contributed by atoms with van der Waals surface area (Å²) >= 11 is 0. The average molecular weight is 126 g/mol. The Labute approximate surface area is 48.9 Å². The summed E-state index contributed by atoms with van der Waals surface area (Å²) in [7, 11) is 0.265. The third kappa shape index (κ3) is 5.51. The molecular formula is C4H6OSi2. The SMILES string of the molecule is C#CC#C[SiH2]O[SiH3]. The Morgan fingerprint density at radius 2 is 2.43 bits per heavy atom. The Hall–Kier alpha value is -0.486. The third-order valence-corrected chi connectivity index (χ3v) is 1.85. The van der Waals surface area contributed by atoms with Gasteiger partial charge in [-0.3, -0.25) is 0 Å². The van der Waals surface area contributed by atoms with Gasteiger partial charge in [-0.1, -0.05) is 5.54 Å². The van der Waals surface area contributed by atoms with Crippen LogP contribution in [0, 0.1) is 23.8 Å². The minimum absolute atomic E-state index is 0.531. The molecule has 0 aliphatic rings. The van der Waals surface area contributed by atoms with Crippen molar-refractivity contribution in [2.45, 2.75) is 0 Å². The van der Waals surface area contributed by atoms with Crippen LogP contribution in [0.5, 0.6) is 0 Å². The van der Waals surface area contributed by atoms with Gasteiger partial charge in [-0.2, -0.15) is 0 Å². The summed E-state index contributed by atoms with van der Waals surface area (Å²) in [4.78, 5) is 0. The number of terminal acetylenes is 1. The van der Waals surface area contributed by atoms with Crippen LogP contribution in [0.25, 0.3) is 0 Å². The van der Waals surface area contributed by atoms with Crippen LogP contribution in [-0.2, 0) is 4.12 Å². The molecule has 0 unspecified atom stereocenters. The average Bonchev–Trinajstić information content (AvgIpc) is 1.69. The first-order valence-electron chi connectivity index (χ1n) is 1.84. The van der Waals surface area contributed by atoms with Gasteiger partial charge in [-0.25, -0.2) is 0 Å². The van der Waals surface area contributed by atoms with E-state index in [2.05, 4.69) is 17.4 Å². The quantitative estimate of drug-likeness (QED) is 0.291. The smallest absolute Gasteiger partial charge is 0.230 e. The highest BCUT2D eigenvalue weighted by Crippen LogP contribution is 1.52. The zero-order valence-corrected chi connectivity index (χ0v) is 7.61. The van der Waals surface area contributed by atoms with Crippen molar-refractivity contribution in [3.8, 4) is 23.8 Å². The monoisotopic (exact) mass is 126 g/mol. The first-order chi connectivity index (χ1) is 3.41. The van der Waals surface area contributed by atoms with E-state index in [0.29, 0.717) is 0 Å². The zero-order valence-electron chi connectivity index (χ0n) is 4.19. The summed E-state index contributed by atoms with van der Waals surface area (Å²) in [6.07, 6.45) is 4.82. The lowest BCUT2D eigenvalue weighted by Gasteiger charge is -1.77. The second-order valence-electron chi connectivity index (χ2n) is 0.879. The Kier molecular flexibility index (Phi) is 5.13. The van der Waals surface area contributed by atoms with E-state index in [-0.39, 0.29) is 0 Å². The minimum atomic E-state index is -0.531. The summed E-state index contributed by atoms with van der Waals surface area (Å²) in [5.74, 6) is 4.70. The molecule has 0 aromatic heterocycles. The van der Waals surface area contributed by atoms with Crippen LogP contribution in [0.4, 0.5) is 0 Å². The fraction of sp³-hybridized carbons (Fsp3) is 0. The van der Waals surface area contributed by atoms with Gasteiger partial charge < -0.3 is 4.12 Å². The van der Waals surface area contributed by atoms with Crippen LogP contribution in [-0.4, -0.2) is 20.2 Å². The van der Waals surface area contributed by atoms with Crippen molar-refractivity contribution >= 4 is 20.2 Å². The second-order valence-corrected chi connectivity index (χ2v) is 3.83. The lowest BCUT2D eigenvalue weighted by molar-refractivity contribution is 0.678. The summed E-state index contributed by atoms with van der Waals surface area (Å²) < 4.78 is 4.85. The summed E-state index contributed by atoms with van der Waals surface area (Å²) in [6, 6.07) is 0.